The molecule has 0 radical (unpaired) electrons. The van der Waals surface area contributed by atoms with Gasteiger partial charge in [0.15, 0.2) is 0 Å². The molecule has 32 heavy (non-hydrogen) atoms. The van der Waals surface area contributed by atoms with E-state index in [1.165, 1.54) is 22.2 Å². The number of aromatic nitrogens is 1. The van der Waals surface area contributed by atoms with Gasteiger partial charge in [-0.3, -0.25) is 9.36 Å². The van der Waals surface area contributed by atoms with Crippen molar-refractivity contribution in [2.24, 2.45) is 5.92 Å². The molecule has 0 N–H and O–H groups in total. The van der Waals surface area contributed by atoms with Gasteiger partial charge in [-0.15, -0.1) is 0 Å². The molecular weight excluding hydrogens is 452 g/mol. The molecule has 9 heteroatoms. The van der Waals surface area contributed by atoms with Crippen LogP contribution >= 0.6 is 11.6 Å². The van der Waals surface area contributed by atoms with Crippen molar-refractivity contribution in [1.82, 2.24) is 8.87 Å². The number of methoxy groups -OCH3 is 1. The first-order chi connectivity index (χ1) is 15.3. The first kappa shape index (κ1) is 22.5. The van der Waals surface area contributed by atoms with E-state index in [-0.39, 0.29) is 18.2 Å². The van der Waals surface area contributed by atoms with Crippen LogP contribution in [0.4, 0.5) is 0 Å². The van der Waals surface area contributed by atoms with Gasteiger partial charge >= 0.3 is 5.97 Å². The first-order valence-electron chi connectivity index (χ1n) is 10.2. The predicted octanol–water partition coefficient (Wildman–Crippen LogP) is 3.96. The Bertz CT molecular complexity index is 1280. The molecule has 1 fully saturated rings. The maximum Gasteiger partial charge on any atom is 0.340 e. The Balaban J connectivity index is 1.59. The van der Waals surface area contributed by atoms with Crippen molar-refractivity contribution in [1.29, 1.82) is 0 Å². The Kier molecular flexibility index (Phi) is 6.37. The molecule has 0 spiro atoms. The zero-order chi connectivity index (χ0) is 22.9. The fourth-order valence-corrected chi connectivity index (χ4v) is 5.97. The van der Waals surface area contributed by atoms with Crippen LogP contribution in [-0.4, -0.2) is 49.4 Å². The summed E-state index contributed by atoms with van der Waals surface area (Å²) in [6.45, 7) is 0.467. The summed E-state index contributed by atoms with van der Waals surface area (Å²) < 4.78 is 33.7. The third-order valence-corrected chi connectivity index (χ3v) is 7.77. The molecule has 1 atom stereocenters. The Hall–Kier alpha value is -2.68. The molecule has 2 aromatic carbocycles. The van der Waals surface area contributed by atoms with Gasteiger partial charge in [0.05, 0.1) is 29.9 Å². The van der Waals surface area contributed by atoms with Crippen LogP contribution in [0.25, 0.3) is 10.9 Å². The summed E-state index contributed by atoms with van der Waals surface area (Å²) >= 11 is 5.99. The van der Waals surface area contributed by atoms with E-state index in [4.69, 9.17) is 16.3 Å². The van der Waals surface area contributed by atoms with Crippen LogP contribution < -0.4 is 0 Å². The molecule has 0 bridgehead atoms. The van der Waals surface area contributed by atoms with Gasteiger partial charge in [0, 0.05) is 29.7 Å². The fraction of sp³-hybridized carbons (Fsp3) is 0.304. The normalized spacial score (nSPS) is 17.4. The molecule has 0 unspecified atom stereocenters. The van der Waals surface area contributed by atoms with E-state index < -0.39 is 21.9 Å². The van der Waals surface area contributed by atoms with E-state index in [1.807, 2.05) is 0 Å². The summed E-state index contributed by atoms with van der Waals surface area (Å²) in [6, 6.07) is 13.8. The number of ether oxygens (including phenoxy) is 1. The fourth-order valence-electron chi connectivity index (χ4n) is 4.16. The molecule has 0 saturated carbocycles. The molecular formula is C23H23ClN2O5S. The maximum absolute atomic E-state index is 13.4. The average molecular weight is 475 g/mol. The van der Waals surface area contributed by atoms with Crippen LogP contribution in [-0.2, 0) is 20.5 Å². The van der Waals surface area contributed by atoms with Crippen LogP contribution in [0.5, 0.6) is 0 Å². The number of benzene rings is 2. The molecule has 1 aliphatic rings. The monoisotopic (exact) mass is 474 g/mol. The van der Waals surface area contributed by atoms with Gasteiger partial charge in [-0.2, -0.15) is 0 Å². The summed E-state index contributed by atoms with van der Waals surface area (Å²) in [5, 5.41) is 1.10. The number of para-hydroxylation sites is 1. The standard InChI is InChI=1S/C23H23ClN2O5S/c1-31-23(28)20-14-26(21-10-3-2-9-19(20)21)22(27)17-7-5-11-25(13-17)32(29,30)15-16-6-4-8-18(24)12-16/h2-4,6,8-10,12,14,17H,5,7,11,13,15H2,1H3/t17-/m0/s1. The molecule has 2 heterocycles. The van der Waals surface area contributed by atoms with E-state index in [1.54, 1.807) is 48.5 Å². The summed E-state index contributed by atoms with van der Waals surface area (Å²) in [7, 11) is -2.33. The average Bonchev–Trinajstić information content (AvgIpc) is 3.17. The van der Waals surface area contributed by atoms with Gasteiger partial charge in [-0.25, -0.2) is 17.5 Å². The van der Waals surface area contributed by atoms with E-state index >= 15 is 0 Å². The molecule has 4 rings (SSSR count). The largest absolute Gasteiger partial charge is 0.465 e. The molecule has 168 valence electrons. The highest BCUT2D eigenvalue weighted by atomic mass is 35.5. The molecule has 0 amide bonds. The zero-order valence-electron chi connectivity index (χ0n) is 17.5. The van der Waals surface area contributed by atoms with Gasteiger partial charge in [0.2, 0.25) is 15.9 Å². The minimum absolute atomic E-state index is 0.0990. The van der Waals surface area contributed by atoms with Crippen LogP contribution in [0.15, 0.2) is 54.7 Å². The lowest BCUT2D eigenvalue weighted by Crippen LogP contribution is -2.43. The minimum atomic E-state index is -3.62. The van der Waals surface area contributed by atoms with Crippen LogP contribution in [0.1, 0.15) is 33.6 Å². The summed E-state index contributed by atoms with van der Waals surface area (Å²) in [6.07, 6.45) is 2.63. The lowest BCUT2D eigenvalue weighted by molar-refractivity contribution is 0.0603. The van der Waals surface area contributed by atoms with Gasteiger partial charge in [-0.1, -0.05) is 41.9 Å². The van der Waals surface area contributed by atoms with Crippen molar-refractivity contribution in [2.75, 3.05) is 20.2 Å². The van der Waals surface area contributed by atoms with E-state index in [9.17, 15) is 18.0 Å². The quantitative estimate of drug-likeness (QED) is 0.522. The predicted molar refractivity (Wildman–Crippen MR) is 122 cm³/mol. The van der Waals surface area contributed by atoms with E-state index in [2.05, 4.69) is 0 Å². The Morgan fingerprint density at radius 1 is 1.16 bits per heavy atom. The number of nitrogens with zero attached hydrogens (tertiary/aromatic N) is 2. The highest BCUT2D eigenvalue weighted by Crippen LogP contribution is 2.27. The Morgan fingerprint density at radius 3 is 2.69 bits per heavy atom. The number of sulfonamides is 1. The first-order valence-corrected chi connectivity index (χ1v) is 12.2. The highest BCUT2D eigenvalue weighted by molar-refractivity contribution is 7.88. The number of esters is 1. The lowest BCUT2D eigenvalue weighted by Gasteiger charge is -2.31. The molecule has 1 aliphatic heterocycles. The number of fused-ring (bicyclic) bond motifs is 1. The van der Waals surface area contributed by atoms with Gasteiger partial charge in [-0.05, 0) is 36.6 Å². The number of halogens is 1. The Morgan fingerprint density at radius 2 is 1.94 bits per heavy atom. The molecule has 1 saturated heterocycles. The second kappa shape index (κ2) is 9.05. The number of hydrogen-bond acceptors (Lipinski definition) is 5. The topological polar surface area (TPSA) is 85.7 Å². The van der Waals surface area contributed by atoms with Gasteiger partial charge in [0.25, 0.3) is 0 Å². The van der Waals surface area contributed by atoms with Gasteiger partial charge in [0.1, 0.15) is 0 Å². The van der Waals surface area contributed by atoms with Crippen LogP contribution in [0, 0.1) is 5.92 Å². The van der Waals surface area contributed by atoms with Crippen molar-refractivity contribution < 1.29 is 22.7 Å². The second-order valence-electron chi connectivity index (χ2n) is 7.84. The number of piperidine rings is 1. The number of carbonyl (C=O) groups is 2. The number of rotatable bonds is 5. The van der Waals surface area contributed by atoms with Gasteiger partial charge < -0.3 is 4.74 Å². The molecule has 0 aliphatic carbocycles. The van der Waals surface area contributed by atoms with E-state index in [0.717, 1.165) is 0 Å². The molecule has 7 nitrogen and oxygen atoms in total. The summed E-state index contributed by atoms with van der Waals surface area (Å²) in [4.78, 5) is 25.6. The van der Waals surface area contributed by atoms with Crippen LogP contribution in [0.2, 0.25) is 5.02 Å². The smallest absolute Gasteiger partial charge is 0.340 e. The SMILES string of the molecule is COC(=O)c1cn(C(=O)[C@H]2CCCN(S(=O)(=O)Cc3cccc(Cl)c3)C2)c2ccccc12. The summed E-state index contributed by atoms with van der Waals surface area (Å²) in [5.41, 5.74) is 1.50. The van der Waals surface area contributed by atoms with Crippen LogP contribution in [0.3, 0.4) is 0 Å². The van der Waals surface area contributed by atoms with Crippen molar-refractivity contribution in [3.05, 3.63) is 70.9 Å². The minimum Gasteiger partial charge on any atom is -0.465 e. The third kappa shape index (κ3) is 4.44. The lowest BCUT2D eigenvalue weighted by atomic mass is 9.98. The van der Waals surface area contributed by atoms with Crippen molar-refractivity contribution >= 4 is 44.4 Å². The highest BCUT2D eigenvalue weighted by Gasteiger charge is 2.34. The van der Waals surface area contributed by atoms with Crippen molar-refractivity contribution in [3.63, 3.8) is 0 Å². The van der Waals surface area contributed by atoms with Crippen molar-refractivity contribution in [2.45, 2.75) is 18.6 Å². The maximum atomic E-state index is 13.4. The number of carbonyl (C=O) groups excluding carboxylic acids is 2. The molecule has 3 aromatic rings. The Labute approximate surface area is 191 Å². The third-order valence-electron chi connectivity index (χ3n) is 5.72. The molecule has 1 aromatic heterocycles. The number of hydrogen-bond donors (Lipinski definition) is 0. The summed E-state index contributed by atoms with van der Waals surface area (Å²) in [5.74, 6) is -1.45. The van der Waals surface area contributed by atoms with E-state index in [0.29, 0.717) is 46.4 Å². The van der Waals surface area contributed by atoms with Crippen molar-refractivity contribution in [3.8, 4) is 0 Å². The second-order valence-corrected chi connectivity index (χ2v) is 10.2. The zero-order valence-corrected chi connectivity index (χ0v) is 19.1.